The van der Waals surface area contributed by atoms with E-state index in [0.29, 0.717) is 68.8 Å². The topological polar surface area (TPSA) is 152 Å². The molecule has 2 aromatic carbocycles. The van der Waals surface area contributed by atoms with Gasteiger partial charge in [0, 0.05) is 56.6 Å². The molecule has 0 spiro atoms. The molecule has 12 heteroatoms. The van der Waals surface area contributed by atoms with Gasteiger partial charge in [-0.15, -0.1) is 0 Å². The van der Waals surface area contributed by atoms with Crippen molar-refractivity contribution in [1.82, 2.24) is 9.80 Å². The minimum absolute atomic E-state index is 0.0553. The third-order valence-corrected chi connectivity index (χ3v) is 8.57. The summed E-state index contributed by atoms with van der Waals surface area (Å²) in [6.07, 6.45) is 0.438. The SMILES string of the molecule is COc1cc2c(cc1OCCCOc1c(C)c3c(c(C)c1OC)CN(C(=O)C[C@H](C)C(=O)O)C3)CN(C(=O)C[C@H](C)C(=O)O)C2. The van der Waals surface area contributed by atoms with Crippen LogP contribution in [-0.2, 0) is 45.4 Å². The van der Waals surface area contributed by atoms with Crippen LogP contribution < -0.4 is 18.9 Å². The first-order valence-corrected chi connectivity index (χ1v) is 15.0. The smallest absolute Gasteiger partial charge is 0.306 e. The van der Waals surface area contributed by atoms with Crippen molar-refractivity contribution in [3.63, 3.8) is 0 Å². The fourth-order valence-electron chi connectivity index (χ4n) is 5.76. The minimum Gasteiger partial charge on any atom is -0.493 e. The predicted molar refractivity (Wildman–Crippen MR) is 162 cm³/mol. The second kappa shape index (κ2) is 14.1. The fraction of sp³-hybridized carbons (Fsp3) is 0.515. The van der Waals surface area contributed by atoms with Gasteiger partial charge in [0.25, 0.3) is 0 Å². The van der Waals surface area contributed by atoms with Gasteiger partial charge < -0.3 is 39.0 Å². The maximum Gasteiger partial charge on any atom is 0.306 e. The number of carboxylic acids is 2. The van der Waals surface area contributed by atoms with E-state index >= 15 is 0 Å². The monoisotopic (exact) mass is 626 g/mol. The number of ether oxygens (including phenoxy) is 4. The first kappa shape index (κ1) is 33.4. The van der Waals surface area contributed by atoms with Crippen molar-refractivity contribution in [1.29, 1.82) is 0 Å². The lowest BCUT2D eigenvalue weighted by atomic mass is 9.97. The summed E-state index contributed by atoms with van der Waals surface area (Å²) in [6, 6.07) is 3.72. The summed E-state index contributed by atoms with van der Waals surface area (Å²) in [5, 5.41) is 18.4. The molecule has 12 nitrogen and oxygen atoms in total. The molecule has 0 radical (unpaired) electrons. The van der Waals surface area contributed by atoms with Crippen molar-refractivity contribution >= 4 is 23.8 Å². The van der Waals surface area contributed by atoms with Crippen LogP contribution in [0, 0.1) is 25.7 Å². The highest BCUT2D eigenvalue weighted by Crippen LogP contribution is 2.43. The Hall–Kier alpha value is -4.48. The second-order valence-electron chi connectivity index (χ2n) is 11.8. The highest BCUT2D eigenvalue weighted by Gasteiger charge is 2.32. The Labute approximate surface area is 262 Å². The molecular formula is C33H42N2O10. The number of aliphatic carboxylic acids is 2. The number of nitrogens with zero attached hydrogens (tertiary/aromatic N) is 2. The average molecular weight is 627 g/mol. The average Bonchev–Trinajstić information content (AvgIpc) is 3.64. The number of amides is 2. The van der Waals surface area contributed by atoms with Gasteiger partial charge in [-0.2, -0.15) is 0 Å². The Morgan fingerprint density at radius 1 is 0.711 bits per heavy atom. The number of carboxylic acid groups (broad SMARTS) is 2. The van der Waals surface area contributed by atoms with Crippen molar-refractivity contribution in [3.8, 4) is 23.0 Å². The predicted octanol–water partition coefficient (Wildman–Crippen LogP) is 4.07. The van der Waals surface area contributed by atoms with Crippen LogP contribution in [0.1, 0.15) is 66.5 Å². The van der Waals surface area contributed by atoms with Crippen molar-refractivity contribution in [2.75, 3.05) is 27.4 Å². The maximum atomic E-state index is 12.8. The van der Waals surface area contributed by atoms with Crippen LogP contribution in [0.15, 0.2) is 12.1 Å². The highest BCUT2D eigenvalue weighted by atomic mass is 16.5. The van der Waals surface area contributed by atoms with E-state index in [4.69, 9.17) is 24.1 Å². The van der Waals surface area contributed by atoms with E-state index in [0.717, 1.165) is 33.4 Å². The molecule has 4 rings (SSSR count). The van der Waals surface area contributed by atoms with Crippen molar-refractivity contribution in [2.45, 2.75) is 73.1 Å². The number of hydrogen-bond acceptors (Lipinski definition) is 8. The molecule has 0 fully saturated rings. The fourth-order valence-corrected chi connectivity index (χ4v) is 5.76. The van der Waals surface area contributed by atoms with Crippen molar-refractivity contribution in [3.05, 3.63) is 45.5 Å². The van der Waals surface area contributed by atoms with Crippen LogP contribution in [0.2, 0.25) is 0 Å². The van der Waals surface area contributed by atoms with Crippen LogP contribution in [0.25, 0.3) is 0 Å². The molecule has 0 aliphatic carbocycles. The van der Waals surface area contributed by atoms with Crippen LogP contribution >= 0.6 is 0 Å². The molecule has 0 bridgehead atoms. The van der Waals surface area contributed by atoms with Gasteiger partial charge in [-0.05, 0) is 48.2 Å². The van der Waals surface area contributed by atoms with E-state index in [9.17, 15) is 24.3 Å². The molecule has 45 heavy (non-hydrogen) atoms. The third-order valence-electron chi connectivity index (χ3n) is 8.57. The number of rotatable bonds is 14. The summed E-state index contributed by atoms with van der Waals surface area (Å²) < 4.78 is 23.5. The van der Waals surface area contributed by atoms with E-state index in [2.05, 4.69) is 0 Å². The van der Waals surface area contributed by atoms with Crippen molar-refractivity contribution in [2.24, 2.45) is 11.8 Å². The van der Waals surface area contributed by atoms with E-state index in [1.165, 1.54) is 13.8 Å². The number of benzene rings is 2. The molecule has 2 N–H and O–H groups in total. The van der Waals surface area contributed by atoms with Gasteiger partial charge in [-0.25, -0.2) is 0 Å². The Balaban J connectivity index is 1.36. The summed E-state index contributed by atoms with van der Waals surface area (Å²) >= 11 is 0. The molecule has 2 amide bonds. The minimum atomic E-state index is -0.996. The van der Waals surface area contributed by atoms with Crippen LogP contribution in [0.4, 0.5) is 0 Å². The lowest BCUT2D eigenvalue weighted by molar-refractivity contribution is -0.145. The quantitative estimate of drug-likeness (QED) is 0.294. The van der Waals surface area contributed by atoms with Gasteiger partial charge in [-0.1, -0.05) is 13.8 Å². The molecule has 0 aromatic heterocycles. The van der Waals surface area contributed by atoms with E-state index in [1.54, 1.807) is 24.0 Å². The van der Waals surface area contributed by atoms with Crippen LogP contribution in [0.5, 0.6) is 23.0 Å². The molecule has 2 aliphatic rings. The van der Waals surface area contributed by atoms with E-state index < -0.39 is 23.8 Å². The van der Waals surface area contributed by atoms with Gasteiger partial charge in [0.1, 0.15) is 0 Å². The lowest BCUT2D eigenvalue weighted by Crippen LogP contribution is -2.28. The molecule has 0 saturated heterocycles. The summed E-state index contributed by atoms with van der Waals surface area (Å²) in [5.74, 6) is -1.59. The molecule has 0 saturated carbocycles. The Morgan fingerprint density at radius 3 is 1.67 bits per heavy atom. The lowest BCUT2D eigenvalue weighted by Gasteiger charge is -2.19. The van der Waals surface area contributed by atoms with Crippen molar-refractivity contribution < 1.29 is 48.3 Å². The molecule has 0 unspecified atom stereocenters. The number of hydrogen-bond donors (Lipinski definition) is 2. The molecule has 2 heterocycles. The molecular weight excluding hydrogens is 584 g/mol. The normalized spacial score (nSPS) is 14.8. The second-order valence-corrected chi connectivity index (χ2v) is 11.8. The Kier molecular flexibility index (Phi) is 10.5. The van der Waals surface area contributed by atoms with Gasteiger partial charge in [-0.3, -0.25) is 19.2 Å². The van der Waals surface area contributed by atoms with Gasteiger partial charge in [0.15, 0.2) is 23.0 Å². The van der Waals surface area contributed by atoms with E-state index in [1.807, 2.05) is 26.0 Å². The number of carbonyl (C=O) groups is 4. The first-order valence-electron chi connectivity index (χ1n) is 15.0. The highest BCUT2D eigenvalue weighted by molar-refractivity contribution is 5.83. The zero-order valence-corrected chi connectivity index (χ0v) is 26.7. The van der Waals surface area contributed by atoms with Crippen LogP contribution in [0.3, 0.4) is 0 Å². The van der Waals surface area contributed by atoms with Crippen LogP contribution in [-0.4, -0.2) is 71.2 Å². The van der Waals surface area contributed by atoms with Gasteiger partial charge in [0.05, 0.1) is 39.3 Å². The number of carbonyl (C=O) groups excluding carboxylic acids is 2. The number of fused-ring (bicyclic) bond motifs is 2. The Bertz CT molecular complexity index is 1490. The third kappa shape index (κ3) is 7.26. The molecule has 2 atom stereocenters. The molecule has 2 aliphatic heterocycles. The summed E-state index contributed by atoms with van der Waals surface area (Å²) in [7, 11) is 3.13. The largest absolute Gasteiger partial charge is 0.493 e. The van der Waals surface area contributed by atoms with E-state index in [-0.39, 0.29) is 24.7 Å². The van der Waals surface area contributed by atoms with Gasteiger partial charge in [0.2, 0.25) is 11.8 Å². The maximum absolute atomic E-state index is 12.8. The summed E-state index contributed by atoms with van der Waals surface area (Å²) in [5.41, 5.74) is 5.62. The van der Waals surface area contributed by atoms with Gasteiger partial charge >= 0.3 is 11.9 Å². The zero-order chi connectivity index (χ0) is 33.0. The molecule has 2 aromatic rings. The summed E-state index contributed by atoms with van der Waals surface area (Å²) in [6.45, 7) is 9.15. The number of methoxy groups -OCH3 is 2. The first-order chi connectivity index (χ1) is 21.4. The summed E-state index contributed by atoms with van der Waals surface area (Å²) in [4.78, 5) is 51.2. The Morgan fingerprint density at radius 2 is 1.18 bits per heavy atom. The standard InChI is InChI=1S/C33H42N2O10/c1-18(32(38)39)10-28(36)34-14-22-12-26(42-5)27(13-23(22)15-34)44-8-7-9-45-31-21(4)25-17-35(29(37)11-19(2)33(40)41)16-24(25)20(3)30(31)43-6/h12-13,18-19H,7-11,14-17H2,1-6H3,(H,38,39)(H,40,41)/t18-,19-/m0/s1. The zero-order valence-electron chi connectivity index (χ0n) is 26.7. The molecule has 244 valence electrons.